The second kappa shape index (κ2) is 6.60. The molecule has 0 rings (SSSR count). The molecule has 0 aromatic rings. The van der Waals surface area contributed by atoms with Crippen molar-refractivity contribution >= 4 is 5.91 Å². The van der Waals surface area contributed by atoms with Crippen LogP contribution in [0.3, 0.4) is 0 Å². The maximum Gasteiger partial charge on any atom is 0.243 e. The van der Waals surface area contributed by atoms with Crippen LogP contribution in [0.15, 0.2) is 12.7 Å². The fourth-order valence-corrected chi connectivity index (χ4v) is 1.01. The van der Waals surface area contributed by atoms with Crippen molar-refractivity contribution in [3.05, 3.63) is 12.7 Å². The first kappa shape index (κ1) is 13.2. The van der Waals surface area contributed by atoms with Gasteiger partial charge in [0.15, 0.2) is 0 Å². The highest BCUT2D eigenvalue weighted by Gasteiger charge is 2.17. The first-order valence-corrected chi connectivity index (χ1v) is 5.06. The van der Waals surface area contributed by atoms with E-state index in [1.807, 2.05) is 13.8 Å². The van der Waals surface area contributed by atoms with E-state index in [-0.39, 0.29) is 11.5 Å². The maximum atomic E-state index is 10.8. The van der Waals surface area contributed by atoms with E-state index in [0.29, 0.717) is 6.54 Å². The molecule has 1 N–H and O–H groups in total. The van der Waals surface area contributed by atoms with Gasteiger partial charge in [-0.1, -0.05) is 13.5 Å². The van der Waals surface area contributed by atoms with Crippen molar-refractivity contribution in [1.82, 2.24) is 5.32 Å². The van der Waals surface area contributed by atoms with Gasteiger partial charge in [0.2, 0.25) is 5.91 Å². The number of hydrogen-bond donors (Lipinski definition) is 1. The Morgan fingerprint density at radius 2 is 2.21 bits per heavy atom. The van der Waals surface area contributed by atoms with Gasteiger partial charge in [0.1, 0.15) is 0 Å². The van der Waals surface area contributed by atoms with Crippen molar-refractivity contribution < 1.29 is 9.53 Å². The molecule has 14 heavy (non-hydrogen) atoms. The van der Waals surface area contributed by atoms with E-state index in [4.69, 9.17) is 4.74 Å². The topological polar surface area (TPSA) is 38.3 Å². The molecule has 0 bridgehead atoms. The van der Waals surface area contributed by atoms with Gasteiger partial charge in [-0.05, 0) is 32.8 Å². The molecule has 3 nitrogen and oxygen atoms in total. The second-order valence-corrected chi connectivity index (χ2v) is 3.85. The molecule has 0 aromatic carbocycles. The lowest BCUT2D eigenvalue weighted by atomic mass is 10.1. The lowest BCUT2D eigenvalue weighted by molar-refractivity contribution is -0.116. The average molecular weight is 199 g/mol. The monoisotopic (exact) mass is 199 g/mol. The van der Waals surface area contributed by atoms with E-state index < -0.39 is 0 Å². The minimum Gasteiger partial charge on any atom is -0.376 e. The van der Waals surface area contributed by atoms with Gasteiger partial charge in [-0.2, -0.15) is 0 Å². The predicted octanol–water partition coefficient (Wildman–Crippen LogP) is 1.88. The fraction of sp³-hybridized carbons (Fsp3) is 0.727. The molecular formula is C11H21NO2. The van der Waals surface area contributed by atoms with Crippen molar-refractivity contribution in [2.24, 2.45) is 0 Å². The summed E-state index contributed by atoms with van der Waals surface area (Å²) in [4.78, 5) is 10.8. The lowest BCUT2D eigenvalue weighted by Crippen LogP contribution is -2.32. The van der Waals surface area contributed by atoms with Crippen LogP contribution in [0.4, 0.5) is 0 Å². The number of rotatable bonds is 7. The van der Waals surface area contributed by atoms with Crippen LogP contribution in [0, 0.1) is 0 Å². The SMILES string of the molecule is C=CC(=O)NCCC(C)(C)OCCC. The number of ether oxygens (including phenoxy) is 1. The summed E-state index contributed by atoms with van der Waals surface area (Å²) < 4.78 is 5.62. The summed E-state index contributed by atoms with van der Waals surface area (Å²) in [6, 6.07) is 0. The van der Waals surface area contributed by atoms with Gasteiger partial charge in [0.05, 0.1) is 5.60 Å². The number of carbonyl (C=O) groups excluding carboxylic acids is 1. The third kappa shape index (κ3) is 6.66. The van der Waals surface area contributed by atoms with Crippen molar-refractivity contribution in [3.63, 3.8) is 0 Å². The number of carbonyl (C=O) groups is 1. The second-order valence-electron chi connectivity index (χ2n) is 3.85. The van der Waals surface area contributed by atoms with Crippen LogP contribution in [-0.2, 0) is 9.53 Å². The van der Waals surface area contributed by atoms with Crippen molar-refractivity contribution in [2.45, 2.75) is 39.2 Å². The summed E-state index contributed by atoms with van der Waals surface area (Å²) in [6.07, 6.45) is 3.11. The molecule has 0 saturated heterocycles. The molecule has 0 spiro atoms. The van der Waals surface area contributed by atoms with Crippen LogP contribution >= 0.6 is 0 Å². The zero-order chi connectivity index (χ0) is 11.0. The van der Waals surface area contributed by atoms with E-state index in [1.54, 1.807) is 0 Å². The quantitative estimate of drug-likeness (QED) is 0.636. The highest BCUT2D eigenvalue weighted by molar-refractivity contribution is 5.86. The zero-order valence-electron chi connectivity index (χ0n) is 9.43. The van der Waals surface area contributed by atoms with Crippen molar-refractivity contribution in [1.29, 1.82) is 0 Å². The van der Waals surface area contributed by atoms with E-state index >= 15 is 0 Å². The first-order valence-electron chi connectivity index (χ1n) is 5.06. The summed E-state index contributed by atoms with van der Waals surface area (Å²) in [7, 11) is 0. The van der Waals surface area contributed by atoms with Crippen LogP contribution in [-0.4, -0.2) is 24.7 Å². The molecule has 0 heterocycles. The lowest BCUT2D eigenvalue weighted by Gasteiger charge is -2.25. The van der Waals surface area contributed by atoms with Gasteiger partial charge in [0.25, 0.3) is 0 Å². The third-order valence-electron chi connectivity index (χ3n) is 1.91. The third-order valence-corrected chi connectivity index (χ3v) is 1.91. The van der Waals surface area contributed by atoms with E-state index in [1.165, 1.54) is 6.08 Å². The molecule has 0 aliphatic heterocycles. The Morgan fingerprint density at radius 1 is 1.57 bits per heavy atom. The zero-order valence-corrected chi connectivity index (χ0v) is 9.43. The summed E-state index contributed by atoms with van der Waals surface area (Å²) in [6.45, 7) is 10.9. The van der Waals surface area contributed by atoms with E-state index in [2.05, 4.69) is 18.8 Å². The highest BCUT2D eigenvalue weighted by atomic mass is 16.5. The smallest absolute Gasteiger partial charge is 0.243 e. The Kier molecular flexibility index (Phi) is 6.21. The Bertz CT molecular complexity index is 188. The van der Waals surface area contributed by atoms with Crippen molar-refractivity contribution in [3.8, 4) is 0 Å². The molecule has 0 saturated carbocycles. The van der Waals surface area contributed by atoms with Crippen LogP contribution in [0.1, 0.15) is 33.6 Å². The van der Waals surface area contributed by atoms with Crippen molar-refractivity contribution in [2.75, 3.05) is 13.2 Å². The molecular weight excluding hydrogens is 178 g/mol. The van der Waals surface area contributed by atoms with Gasteiger partial charge in [-0.3, -0.25) is 4.79 Å². The highest BCUT2D eigenvalue weighted by Crippen LogP contribution is 2.13. The fourth-order valence-electron chi connectivity index (χ4n) is 1.01. The molecule has 0 fully saturated rings. The molecule has 0 atom stereocenters. The van der Waals surface area contributed by atoms with E-state index in [9.17, 15) is 4.79 Å². The Morgan fingerprint density at radius 3 is 2.71 bits per heavy atom. The molecule has 3 heteroatoms. The van der Waals surface area contributed by atoms with Crippen LogP contribution in [0.2, 0.25) is 0 Å². The summed E-state index contributed by atoms with van der Waals surface area (Å²) in [5, 5.41) is 2.73. The Hall–Kier alpha value is -0.830. The van der Waals surface area contributed by atoms with Gasteiger partial charge in [-0.25, -0.2) is 0 Å². The largest absolute Gasteiger partial charge is 0.376 e. The first-order chi connectivity index (χ1) is 6.52. The molecule has 0 radical (unpaired) electrons. The van der Waals surface area contributed by atoms with Crippen LogP contribution < -0.4 is 5.32 Å². The summed E-state index contributed by atoms with van der Waals surface area (Å²) in [5.74, 6) is -0.128. The normalized spacial score (nSPS) is 11.1. The molecule has 0 aromatic heterocycles. The Labute approximate surface area is 86.5 Å². The van der Waals surface area contributed by atoms with E-state index in [0.717, 1.165) is 19.4 Å². The minimum atomic E-state index is -0.162. The number of nitrogens with one attached hydrogen (secondary N) is 1. The molecule has 82 valence electrons. The summed E-state index contributed by atoms with van der Waals surface area (Å²) >= 11 is 0. The van der Waals surface area contributed by atoms with Gasteiger partial charge in [-0.15, -0.1) is 0 Å². The summed E-state index contributed by atoms with van der Waals surface area (Å²) in [5.41, 5.74) is -0.162. The van der Waals surface area contributed by atoms with Gasteiger partial charge < -0.3 is 10.1 Å². The molecule has 1 amide bonds. The number of amides is 1. The molecule has 0 unspecified atom stereocenters. The van der Waals surface area contributed by atoms with Gasteiger partial charge in [0, 0.05) is 13.2 Å². The minimum absolute atomic E-state index is 0.128. The number of hydrogen-bond acceptors (Lipinski definition) is 2. The molecule has 0 aliphatic carbocycles. The standard InChI is InChI=1S/C11H21NO2/c1-5-9-14-11(3,4)7-8-12-10(13)6-2/h6H,2,5,7-9H2,1,3-4H3,(H,12,13). The molecule has 0 aliphatic rings. The van der Waals surface area contributed by atoms with Gasteiger partial charge >= 0.3 is 0 Å². The van der Waals surface area contributed by atoms with Crippen LogP contribution in [0.25, 0.3) is 0 Å². The predicted molar refractivity (Wildman–Crippen MR) is 58.1 cm³/mol. The maximum absolute atomic E-state index is 10.8. The average Bonchev–Trinajstić information content (AvgIpc) is 2.14. The Balaban J connectivity index is 3.64. The van der Waals surface area contributed by atoms with Crippen LogP contribution in [0.5, 0.6) is 0 Å².